The highest BCUT2D eigenvalue weighted by Crippen LogP contribution is 2.50. The minimum atomic E-state index is -0.316. The Balaban J connectivity index is 2.03. The Hall–Kier alpha value is -1.06. The highest BCUT2D eigenvalue weighted by molar-refractivity contribution is 5.95. The zero-order chi connectivity index (χ0) is 14.0. The summed E-state index contributed by atoms with van der Waals surface area (Å²) in [5, 5.41) is 2.85. The van der Waals surface area contributed by atoms with Gasteiger partial charge >= 0.3 is 0 Å². The molecular weight excluding hydrogens is 240 g/mol. The van der Waals surface area contributed by atoms with Gasteiger partial charge in [0, 0.05) is 6.54 Å². The lowest BCUT2D eigenvalue weighted by atomic mass is 9.94. The molecule has 2 amide bonds. The van der Waals surface area contributed by atoms with Crippen molar-refractivity contribution < 1.29 is 9.59 Å². The lowest BCUT2D eigenvalue weighted by Crippen LogP contribution is -2.60. The van der Waals surface area contributed by atoms with E-state index < -0.39 is 0 Å². The first-order chi connectivity index (χ1) is 9.01. The van der Waals surface area contributed by atoms with Gasteiger partial charge in [-0.3, -0.25) is 9.59 Å². The van der Waals surface area contributed by atoms with Crippen LogP contribution in [0.1, 0.15) is 52.9 Å². The maximum atomic E-state index is 12.5. The van der Waals surface area contributed by atoms with E-state index in [-0.39, 0.29) is 30.3 Å². The molecule has 108 valence electrons. The Morgan fingerprint density at radius 1 is 1.37 bits per heavy atom. The van der Waals surface area contributed by atoms with E-state index in [0.717, 1.165) is 19.4 Å². The fourth-order valence-electron chi connectivity index (χ4n) is 3.08. The van der Waals surface area contributed by atoms with Crippen molar-refractivity contribution in [2.24, 2.45) is 11.3 Å². The number of carbonyl (C=O) groups is 2. The van der Waals surface area contributed by atoms with Crippen LogP contribution < -0.4 is 5.32 Å². The second-order valence-corrected chi connectivity index (χ2v) is 6.38. The molecular formula is C15H26N2O2. The van der Waals surface area contributed by atoms with Gasteiger partial charge in [-0.15, -0.1) is 0 Å². The fraction of sp³-hybridized carbons (Fsp3) is 0.867. The normalized spacial score (nSPS) is 27.1. The summed E-state index contributed by atoms with van der Waals surface area (Å²) in [5.41, 5.74) is 0.321. The van der Waals surface area contributed by atoms with Crippen LogP contribution in [-0.2, 0) is 9.59 Å². The van der Waals surface area contributed by atoms with Gasteiger partial charge in [-0.25, -0.2) is 0 Å². The molecule has 19 heavy (non-hydrogen) atoms. The van der Waals surface area contributed by atoms with Gasteiger partial charge < -0.3 is 10.2 Å². The summed E-state index contributed by atoms with van der Waals surface area (Å²) < 4.78 is 0. The van der Waals surface area contributed by atoms with Crippen LogP contribution in [0.4, 0.5) is 0 Å². The molecule has 2 unspecified atom stereocenters. The predicted molar refractivity (Wildman–Crippen MR) is 74.5 cm³/mol. The van der Waals surface area contributed by atoms with E-state index in [9.17, 15) is 9.59 Å². The summed E-state index contributed by atoms with van der Waals surface area (Å²) in [6.45, 7) is 7.30. The molecule has 0 bridgehead atoms. The number of piperazine rings is 1. The third kappa shape index (κ3) is 3.10. The van der Waals surface area contributed by atoms with Gasteiger partial charge in [-0.2, -0.15) is 0 Å². The number of nitrogens with zero attached hydrogens (tertiary/aromatic N) is 1. The van der Waals surface area contributed by atoms with Crippen LogP contribution >= 0.6 is 0 Å². The Morgan fingerprint density at radius 3 is 2.58 bits per heavy atom. The first-order valence-corrected chi connectivity index (χ1v) is 7.59. The van der Waals surface area contributed by atoms with Gasteiger partial charge in [0.25, 0.3) is 0 Å². The number of hydrogen-bond acceptors (Lipinski definition) is 2. The average Bonchev–Trinajstić information content (AvgIpc) is 3.12. The lowest BCUT2D eigenvalue weighted by molar-refractivity contribution is -0.146. The Bertz CT molecular complexity index is 363. The van der Waals surface area contributed by atoms with Crippen molar-refractivity contribution in [1.82, 2.24) is 10.2 Å². The van der Waals surface area contributed by atoms with Crippen molar-refractivity contribution >= 4 is 11.8 Å². The summed E-state index contributed by atoms with van der Waals surface area (Å²) in [4.78, 5) is 26.1. The van der Waals surface area contributed by atoms with Gasteiger partial charge in [0.15, 0.2) is 0 Å². The highest BCUT2D eigenvalue weighted by atomic mass is 16.2. The number of carbonyl (C=O) groups excluding carboxylic acids is 2. The summed E-state index contributed by atoms with van der Waals surface area (Å²) in [6, 6.07) is -0.316. The monoisotopic (exact) mass is 266 g/mol. The van der Waals surface area contributed by atoms with Crippen molar-refractivity contribution in [3.8, 4) is 0 Å². The molecule has 2 aliphatic rings. The van der Waals surface area contributed by atoms with Gasteiger partial charge in [-0.1, -0.05) is 33.6 Å². The zero-order valence-corrected chi connectivity index (χ0v) is 12.4. The molecule has 2 atom stereocenters. The molecule has 4 heteroatoms. The topological polar surface area (TPSA) is 49.4 Å². The molecule has 0 aromatic rings. The van der Waals surface area contributed by atoms with Gasteiger partial charge in [0.05, 0.1) is 6.54 Å². The number of rotatable bonds is 6. The van der Waals surface area contributed by atoms with Crippen molar-refractivity contribution in [2.75, 3.05) is 13.1 Å². The molecule has 1 N–H and O–H groups in total. The Kier molecular flexibility index (Phi) is 4.16. The fourth-order valence-corrected chi connectivity index (χ4v) is 3.08. The molecule has 2 fully saturated rings. The van der Waals surface area contributed by atoms with E-state index in [1.165, 1.54) is 19.3 Å². The zero-order valence-electron chi connectivity index (χ0n) is 12.4. The van der Waals surface area contributed by atoms with Crippen LogP contribution in [0.15, 0.2) is 0 Å². The van der Waals surface area contributed by atoms with Crippen molar-refractivity contribution in [2.45, 2.75) is 58.9 Å². The maximum absolute atomic E-state index is 12.5. The molecule has 0 spiro atoms. The molecule has 1 heterocycles. The molecule has 2 rings (SSSR count). The Labute approximate surface area is 115 Å². The largest absolute Gasteiger partial charge is 0.342 e. The SMILES string of the molecule is CCCC1(CN2CC(=O)NC(C(C)CC)C2=O)CC1. The van der Waals surface area contributed by atoms with Crippen LogP contribution in [0.25, 0.3) is 0 Å². The second-order valence-electron chi connectivity index (χ2n) is 6.38. The minimum Gasteiger partial charge on any atom is -0.342 e. The first-order valence-electron chi connectivity index (χ1n) is 7.59. The maximum Gasteiger partial charge on any atom is 0.245 e. The Morgan fingerprint density at radius 2 is 2.05 bits per heavy atom. The third-order valence-electron chi connectivity index (χ3n) is 4.71. The van der Waals surface area contributed by atoms with Crippen molar-refractivity contribution in [3.05, 3.63) is 0 Å². The van der Waals surface area contributed by atoms with Crippen LogP contribution in [-0.4, -0.2) is 35.8 Å². The molecule has 1 aliphatic carbocycles. The second kappa shape index (κ2) is 5.51. The molecule has 0 aromatic carbocycles. The summed E-state index contributed by atoms with van der Waals surface area (Å²) in [6.07, 6.45) is 5.65. The van der Waals surface area contributed by atoms with E-state index in [4.69, 9.17) is 0 Å². The number of amides is 2. The lowest BCUT2D eigenvalue weighted by Gasteiger charge is -2.37. The van der Waals surface area contributed by atoms with Crippen LogP contribution in [0, 0.1) is 11.3 Å². The highest BCUT2D eigenvalue weighted by Gasteiger charge is 2.46. The quantitative estimate of drug-likeness (QED) is 0.798. The standard InChI is InChI=1S/C15H26N2O2/c1-4-6-15(7-8-15)10-17-9-12(18)16-13(14(17)19)11(3)5-2/h11,13H,4-10H2,1-3H3,(H,16,18). The number of nitrogens with one attached hydrogen (secondary N) is 1. The van der Waals surface area contributed by atoms with Gasteiger partial charge in [0.1, 0.15) is 6.04 Å². The summed E-state index contributed by atoms with van der Waals surface area (Å²) in [7, 11) is 0. The van der Waals surface area contributed by atoms with Gasteiger partial charge in [0.2, 0.25) is 11.8 Å². The van der Waals surface area contributed by atoms with E-state index >= 15 is 0 Å². The number of hydrogen-bond donors (Lipinski definition) is 1. The molecule has 4 nitrogen and oxygen atoms in total. The van der Waals surface area contributed by atoms with E-state index in [1.807, 2.05) is 6.92 Å². The van der Waals surface area contributed by atoms with E-state index in [1.54, 1.807) is 4.90 Å². The molecule has 1 saturated carbocycles. The van der Waals surface area contributed by atoms with Gasteiger partial charge in [-0.05, 0) is 30.6 Å². The predicted octanol–water partition coefficient (Wildman–Crippen LogP) is 1.94. The van der Waals surface area contributed by atoms with Crippen LogP contribution in [0.2, 0.25) is 0 Å². The third-order valence-corrected chi connectivity index (χ3v) is 4.71. The minimum absolute atomic E-state index is 0.00259. The van der Waals surface area contributed by atoms with Crippen LogP contribution in [0.5, 0.6) is 0 Å². The molecule has 1 aliphatic heterocycles. The van der Waals surface area contributed by atoms with E-state index in [2.05, 4.69) is 19.2 Å². The molecule has 1 saturated heterocycles. The average molecular weight is 266 g/mol. The van der Waals surface area contributed by atoms with Crippen molar-refractivity contribution in [3.63, 3.8) is 0 Å². The first kappa shape index (κ1) is 14.4. The summed E-state index contributed by atoms with van der Waals surface area (Å²) in [5.74, 6) is 0.328. The summed E-state index contributed by atoms with van der Waals surface area (Å²) >= 11 is 0. The smallest absolute Gasteiger partial charge is 0.245 e. The molecule has 0 radical (unpaired) electrons. The van der Waals surface area contributed by atoms with Crippen LogP contribution in [0.3, 0.4) is 0 Å². The van der Waals surface area contributed by atoms with Crippen molar-refractivity contribution in [1.29, 1.82) is 0 Å². The van der Waals surface area contributed by atoms with E-state index in [0.29, 0.717) is 5.41 Å². The molecule has 0 aromatic heterocycles.